The van der Waals surface area contributed by atoms with E-state index in [1.54, 1.807) is 13.2 Å². The van der Waals surface area contributed by atoms with Gasteiger partial charge in [0.2, 0.25) is 0 Å². The number of methoxy groups -OCH3 is 1. The van der Waals surface area contributed by atoms with Crippen LogP contribution in [0.5, 0.6) is 0 Å². The van der Waals surface area contributed by atoms with E-state index in [1.165, 1.54) is 0 Å². The molecular formula is C12H13Cl2NO2. The molecule has 3 nitrogen and oxygen atoms in total. The van der Waals surface area contributed by atoms with Crippen molar-refractivity contribution in [3.05, 3.63) is 33.5 Å². The van der Waals surface area contributed by atoms with Crippen LogP contribution in [0.25, 0.3) is 11.0 Å². The van der Waals surface area contributed by atoms with Crippen molar-refractivity contribution in [2.24, 2.45) is 0 Å². The van der Waals surface area contributed by atoms with Crippen LogP contribution in [0.2, 0.25) is 10.0 Å². The molecule has 0 amide bonds. The van der Waals surface area contributed by atoms with E-state index < -0.39 is 0 Å². The standard InChI is InChI=1S/C12H13Cl2NO2/c1-15-5-10-8(6-16-2)7-3-4-9(13)11(14)12(7)17-10/h3-4,15H,5-6H2,1-2H3. The second kappa shape index (κ2) is 5.27. The molecule has 0 aliphatic carbocycles. The minimum absolute atomic E-state index is 0.448. The van der Waals surface area contributed by atoms with Crippen molar-refractivity contribution in [2.45, 2.75) is 13.2 Å². The molecule has 1 N–H and O–H groups in total. The van der Waals surface area contributed by atoms with Gasteiger partial charge in [-0.05, 0) is 19.2 Å². The van der Waals surface area contributed by atoms with E-state index in [1.807, 2.05) is 13.1 Å². The fraction of sp³-hybridized carbons (Fsp3) is 0.333. The normalized spacial score (nSPS) is 11.3. The van der Waals surface area contributed by atoms with Gasteiger partial charge in [-0.2, -0.15) is 0 Å². The van der Waals surface area contributed by atoms with Gasteiger partial charge in [0.1, 0.15) is 10.8 Å². The van der Waals surface area contributed by atoms with Crippen LogP contribution in [0.3, 0.4) is 0 Å². The van der Waals surface area contributed by atoms with Gasteiger partial charge in [-0.1, -0.05) is 23.2 Å². The molecule has 0 bridgehead atoms. The van der Waals surface area contributed by atoms with Crippen LogP contribution >= 0.6 is 23.2 Å². The number of halogens is 2. The second-order valence-electron chi connectivity index (χ2n) is 3.71. The van der Waals surface area contributed by atoms with Gasteiger partial charge in [0, 0.05) is 18.1 Å². The highest BCUT2D eigenvalue weighted by atomic mass is 35.5. The molecule has 2 rings (SSSR count). The summed E-state index contributed by atoms with van der Waals surface area (Å²) in [6, 6.07) is 3.67. The number of furan rings is 1. The number of fused-ring (bicyclic) bond motifs is 1. The van der Waals surface area contributed by atoms with Crippen LogP contribution in [-0.2, 0) is 17.9 Å². The zero-order valence-electron chi connectivity index (χ0n) is 9.64. The van der Waals surface area contributed by atoms with E-state index in [9.17, 15) is 0 Å². The first-order valence-corrected chi connectivity index (χ1v) is 5.96. The predicted octanol–water partition coefficient (Wildman–Crippen LogP) is 3.61. The van der Waals surface area contributed by atoms with E-state index in [-0.39, 0.29) is 0 Å². The topological polar surface area (TPSA) is 34.4 Å². The first kappa shape index (κ1) is 12.7. The minimum Gasteiger partial charge on any atom is -0.458 e. The van der Waals surface area contributed by atoms with E-state index in [0.29, 0.717) is 28.8 Å². The second-order valence-corrected chi connectivity index (χ2v) is 4.49. The van der Waals surface area contributed by atoms with Crippen LogP contribution in [-0.4, -0.2) is 14.2 Å². The Morgan fingerprint density at radius 3 is 2.76 bits per heavy atom. The lowest BCUT2D eigenvalue weighted by Gasteiger charge is -2.00. The molecule has 1 heterocycles. The Morgan fingerprint density at radius 2 is 2.12 bits per heavy atom. The zero-order valence-corrected chi connectivity index (χ0v) is 11.2. The maximum absolute atomic E-state index is 6.12. The largest absolute Gasteiger partial charge is 0.458 e. The molecule has 0 spiro atoms. The van der Waals surface area contributed by atoms with Gasteiger partial charge in [0.25, 0.3) is 0 Å². The van der Waals surface area contributed by atoms with Crippen molar-refractivity contribution in [2.75, 3.05) is 14.2 Å². The third kappa shape index (κ3) is 2.29. The number of nitrogens with one attached hydrogen (secondary N) is 1. The Kier molecular flexibility index (Phi) is 3.94. The molecular weight excluding hydrogens is 261 g/mol. The number of rotatable bonds is 4. The Morgan fingerprint density at radius 1 is 1.35 bits per heavy atom. The van der Waals surface area contributed by atoms with E-state index in [0.717, 1.165) is 16.7 Å². The first-order valence-electron chi connectivity index (χ1n) is 5.20. The molecule has 0 unspecified atom stereocenters. The molecule has 0 atom stereocenters. The fourth-order valence-corrected chi connectivity index (χ4v) is 2.16. The average molecular weight is 274 g/mol. The van der Waals surface area contributed by atoms with Gasteiger partial charge >= 0.3 is 0 Å². The summed E-state index contributed by atoms with van der Waals surface area (Å²) in [5.74, 6) is 0.827. The van der Waals surface area contributed by atoms with Crippen molar-refractivity contribution in [3.63, 3.8) is 0 Å². The van der Waals surface area contributed by atoms with Gasteiger partial charge in [-0.15, -0.1) is 0 Å². The Balaban J connectivity index is 2.65. The van der Waals surface area contributed by atoms with Crippen molar-refractivity contribution >= 4 is 34.2 Å². The number of hydrogen-bond donors (Lipinski definition) is 1. The number of hydrogen-bond acceptors (Lipinski definition) is 3. The summed E-state index contributed by atoms with van der Waals surface area (Å²) < 4.78 is 10.9. The summed E-state index contributed by atoms with van der Waals surface area (Å²) >= 11 is 12.1. The quantitative estimate of drug-likeness (QED) is 0.924. The predicted molar refractivity (Wildman–Crippen MR) is 69.7 cm³/mol. The summed E-state index contributed by atoms with van der Waals surface area (Å²) in [7, 11) is 3.51. The van der Waals surface area contributed by atoms with Gasteiger partial charge in [0.15, 0.2) is 5.58 Å². The van der Waals surface area contributed by atoms with E-state index in [4.69, 9.17) is 32.4 Å². The lowest BCUT2D eigenvalue weighted by Crippen LogP contribution is -2.06. The third-order valence-corrected chi connectivity index (χ3v) is 3.35. The minimum atomic E-state index is 0.448. The highest BCUT2D eigenvalue weighted by molar-refractivity contribution is 6.44. The van der Waals surface area contributed by atoms with Crippen molar-refractivity contribution in [1.82, 2.24) is 5.32 Å². The number of benzene rings is 1. The van der Waals surface area contributed by atoms with E-state index in [2.05, 4.69) is 5.32 Å². The maximum atomic E-state index is 6.12. The Bertz CT molecular complexity index is 537. The average Bonchev–Trinajstić information content (AvgIpc) is 2.65. The SMILES string of the molecule is CNCc1oc2c(Cl)c(Cl)ccc2c1COC. The lowest BCUT2D eigenvalue weighted by molar-refractivity contribution is 0.183. The van der Waals surface area contributed by atoms with Crippen LogP contribution in [0.4, 0.5) is 0 Å². The first-order chi connectivity index (χ1) is 8.19. The van der Waals surface area contributed by atoms with Gasteiger partial charge in [-0.3, -0.25) is 0 Å². The van der Waals surface area contributed by atoms with Crippen LogP contribution in [0.15, 0.2) is 16.5 Å². The van der Waals surface area contributed by atoms with Crippen LogP contribution in [0.1, 0.15) is 11.3 Å². The molecule has 0 saturated carbocycles. The maximum Gasteiger partial charge on any atom is 0.154 e. The van der Waals surface area contributed by atoms with Crippen LogP contribution < -0.4 is 5.32 Å². The highest BCUT2D eigenvalue weighted by Crippen LogP contribution is 2.36. The smallest absolute Gasteiger partial charge is 0.154 e. The molecule has 2 aromatic rings. The molecule has 1 aromatic heterocycles. The molecule has 17 heavy (non-hydrogen) atoms. The fourth-order valence-electron chi connectivity index (χ4n) is 1.81. The molecule has 92 valence electrons. The molecule has 1 aromatic carbocycles. The summed E-state index contributed by atoms with van der Waals surface area (Å²) in [5, 5.41) is 4.94. The summed E-state index contributed by atoms with van der Waals surface area (Å²) in [6.45, 7) is 1.11. The summed E-state index contributed by atoms with van der Waals surface area (Å²) in [6.07, 6.45) is 0. The zero-order chi connectivity index (χ0) is 12.4. The molecule has 0 fully saturated rings. The number of ether oxygens (including phenoxy) is 1. The summed E-state index contributed by atoms with van der Waals surface area (Å²) in [5.41, 5.74) is 1.63. The third-order valence-electron chi connectivity index (χ3n) is 2.56. The molecule has 5 heteroatoms. The molecule has 0 aliphatic heterocycles. The molecule has 0 radical (unpaired) electrons. The molecule has 0 saturated heterocycles. The van der Waals surface area contributed by atoms with Crippen molar-refractivity contribution in [3.8, 4) is 0 Å². The summed E-state index contributed by atoms with van der Waals surface area (Å²) in [4.78, 5) is 0. The van der Waals surface area contributed by atoms with Gasteiger partial charge < -0.3 is 14.5 Å². The van der Waals surface area contributed by atoms with E-state index >= 15 is 0 Å². The van der Waals surface area contributed by atoms with Gasteiger partial charge in [-0.25, -0.2) is 0 Å². The van der Waals surface area contributed by atoms with Crippen molar-refractivity contribution in [1.29, 1.82) is 0 Å². The van der Waals surface area contributed by atoms with Crippen LogP contribution in [0, 0.1) is 0 Å². The Labute approximate surface area is 110 Å². The monoisotopic (exact) mass is 273 g/mol. The van der Waals surface area contributed by atoms with Crippen molar-refractivity contribution < 1.29 is 9.15 Å². The highest BCUT2D eigenvalue weighted by Gasteiger charge is 2.17. The van der Waals surface area contributed by atoms with Gasteiger partial charge in [0.05, 0.1) is 18.2 Å². The lowest BCUT2D eigenvalue weighted by atomic mass is 10.1. The Hall–Kier alpha value is -0.740. The molecule has 0 aliphatic rings.